The Bertz CT molecular complexity index is 1130. The van der Waals surface area contributed by atoms with Gasteiger partial charge in [-0.25, -0.2) is 9.18 Å². The van der Waals surface area contributed by atoms with Crippen molar-refractivity contribution in [2.75, 3.05) is 5.32 Å². The summed E-state index contributed by atoms with van der Waals surface area (Å²) in [5.41, 5.74) is 3.77. The third-order valence-electron chi connectivity index (χ3n) is 4.36. The van der Waals surface area contributed by atoms with Gasteiger partial charge in [-0.05, 0) is 35.9 Å². The third-order valence-corrected chi connectivity index (χ3v) is 4.67. The molecule has 2 aromatic heterocycles. The van der Waals surface area contributed by atoms with Crippen LogP contribution in [0.3, 0.4) is 0 Å². The topological polar surface area (TPSA) is 69.8 Å². The maximum atomic E-state index is 13.0. The van der Waals surface area contributed by atoms with Gasteiger partial charge in [0.2, 0.25) is 0 Å². The van der Waals surface area contributed by atoms with E-state index >= 15 is 0 Å². The van der Waals surface area contributed by atoms with E-state index in [0.29, 0.717) is 10.7 Å². The number of halogens is 2. The number of anilines is 1. The van der Waals surface area contributed by atoms with Crippen molar-refractivity contribution in [1.82, 2.24) is 15.3 Å². The molecule has 0 fully saturated rings. The Morgan fingerprint density at radius 3 is 2.57 bits per heavy atom. The zero-order valence-corrected chi connectivity index (χ0v) is 15.4. The minimum atomic E-state index is -0.375. The third kappa shape index (κ3) is 3.68. The maximum Gasteiger partial charge on any atom is 0.319 e. The van der Waals surface area contributed by atoms with Crippen molar-refractivity contribution in [3.63, 3.8) is 0 Å². The van der Waals surface area contributed by atoms with E-state index < -0.39 is 0 Å². The molecule has 0 aliphatic heterocycles. The number of aromatic nitrogens is 2. The van der Waals surface area contributed by atoms with E-state index in [-0.39, 0.29) is 18.4 Å². The van der Waals surface area contributed by atoms with Gasteiger partial charge in [0, 0.05) is 29.9 Å². The molecule has 2 aromatic carbocycles. The number of H-pyrrole nitrogens is 1. The van der Waals surface area contributed by atoms with Crippen LogP contribution < -0.4 is 10.6 Å². The predicted molar refractivity (Wildman–Crippen MR) is 109 cm³/mol. The van der Waals surface area contributed by atoms with Crippen LogP contribution in [0.15, 0.2) is 67.0 Å². The molecule has 7 heteroatoms. The molecule has 4 aromatic rings. The van der Waals surface area contributed by atoms with Crippen molar-refractivity contribution in [2.24, 2.45) is 0 Å². The number of para-hydroxylation sites is 1. The second-order valence-corrected chi connectivity index (χ2v) is 6.61. The molecule has 0 radical (unpaired) electrons. The van der Waals surface area contributed by atoms with Crippen molar-refractivity contribution in [3.8, 4) is 11.3 Å². The fourth-order valence-corrected chi connectivity index (χ4v) is 3.21. The SMILES string of the molecule is O=C(NCc1ccc(F)cc1)Nc1c(-c2ccncc2)[nH]c2c(Cl)cccc12. The Balaban J connectivity index is 1.62. The molecule has 5 nitrogen and oxygen atoms in total. The van der Waals surface area contributed by atoms with Gasteiger partial charge in [0.25, 0.3) is 0 Å². The van der Waals surface area contributed by atoms with Crippen LogP contribution in [0.25, 0.3) is 22.2 Å². The largest absolute Gasteiger partial charge is 0.352 e. The van der Waals surface area contributed by atoms with Crippen LogP contribution >= 0.6 is 11.6 Å². The highest BCUT2D eigenvalue weighted by atomic mass is 35.5. The van der Waals surface area contributed by atoms with Crippen LogP contribution in [0.1, 0.15) is 5.56 Å². The van der Waals surface area contributed by atoms with Crippen LogP contribution in [-0.4, -0.2) is 16.0 Å². The molecule has 2 heterocycles. The minimum Gasteiger partial charge on any atom is -0.352 e. The van der Waals surface area contributed by atoms with Gasteiger partial charge >= 0.3 is 6.03 Å². The van der Waals surface area contributed by atoms with Crippen LogP contribution in [-0.2, 0) is 6.54 Å². The molecule has 0 spiro atoms. The molecular weight excluding hydrogens is 379 g/mol. The quantitative estimate of drug-likeness (QED) is 0.437. The predicted octanol–water partition coefficient (Wildman–Crippen LogP) is 5.34. The molecule has 0 saturated carbocycles. The van der Waals surface area contributed by atoms with Crippen LogP contribution in [0.5, 0.6) is 0 Å². The summed E-state index contributed by atoms with van der Waals surface area (Å²) in [5, 5.41) is 7.05. The van der Waals surface area contributed by atoms with E-state index in [0.717, 1.165) is 27.7 Å². The summed E-state index contributed by atoms with van der Waals surface area (Å²) >= 11 is 6.32. The van der Waals surface area contributed by atoms with E-state index in [1.54, 1.807) is 30.6 Å². The summed E-state index contributed by atoms with van der Waals surface area (Å²) in [6.45, 7) is 0.278. The highest BCUT2D eigenvalue weighted by Crippen LogP contribution is 2.37. The standard InChI is InChI=1S/C21H16ClFN4O/c22-17-3-1-2-16-19(17)26-18(14-8-10-24-11-9-14)20(16)27-21(28)25-12-13-4-6-15(23)7-5-13/h1-11,26H,12H2,(H2,25,27,28). The smallest absolute Gasteiger partial charge is 0.319 e. The van der Waals surface area contributed by atoms with E-state index in [4.69, 9.17) is 11.6 Å². The number of hydrogen-bond acceptors (Lipinski definition) is 2. The number of hydrogen-bond donors (Lipinski definition) is 3. The van der Waals surface area contributed by atoms with Gasteiger partial charge < -0.3 is 15.6 Å². The first-order chi connectivity index (χ1) is 13.6. The molecule has 2 amide bonds. The molecule has 0 saturated heterocycles. The zero-order valence-electron chi connectivity index (χ0n) is 14.7. The first kappa shape index (κ1) is 18.0. The van der Waals surface area contributed by atoms with Gasteiger partial charge in [-0.3, -0.25) is 4.98 Å². The van der Waals surface area contributed by atoms with Crippen molar-refractivity contribution in [3.05, 3.63) is 83.4 Å². The van der Waals surface area contributed by atoms with Gasteiger partial charge in [0.1, 0.15) is 5.82 Å². The van der Waals surface area contributed by atoms with E-state index in [1.807, 2.05) is 24.3 Å². The molecule has 28 heavy (non-hydrogen) atoms. The molecule has 0 unspecified atom stereocenters. The van der Waals surface area contributed by atoms with Crippen molar-refractivity contribution in [1.29, 1.82) is 0 Å². The Morgan fingerprint density at radius 1 is 1.07 bits per heavy atom. The number of pyridine rings is 1. The van der Waals surface area contributed by atoms with Gasteiger partial charge in [-0.15, -0.1) is 0 Å². The molecule has 0 aliphatic rings. The number of fused-ring (bicyclic) bond motifs is 1. The lowest BCUT2D eigenvalue weighted by molar-refractivity contribution is 0.252. The van der Waals surface area contributed by atoms with Crippen molar-refractivity contribution in [2.45, 2.75) is 6.54 Å². The number of aromatic amines is 1. The van der Waals surface area contributed by atoms with Gasteiger partial charge in [0.05, 0.1) is 21.9 Å². The number of amides is 2. The Morgan fingerprint density at radius 2 is 1.82 bits per heavy atom. The van der Waals surface area contributed by atoms with E-state index in [2.05, 4.69) is 20.6 Å². The Labute approximate surface area is 165 Å². The van der Waals surface area contributed by atoms with E-state index in [9.17, 15) is 9.18 Å². The van der Waals surface area contributed by atoms with Gasteiger partial charge in [-0.2, -0.15) is 0 Å². The Kier molecular flexibility index (Phi) is 4.95. The zero-order chi connectivity index (χ0) is 19.5. The summed E-state index contributed by atoms with van der Waals surface area (Å²) in [5.74, 6) is -0.314. The van der Waals surface area contributed by atoms with E-state index in [1.165, 1.54) is 12.1 Å². The number of rotatable bonds is 4. The number of benzene rings is 2. The molecule has 0 aliphatic carbocycles. The summed E-state index contributed by atoms with van der Waals surface area (Å²) in [6.07, 6.45) is 3.36. The number of nitrogens with zero attached hydrogens (tertiary/aromatic N) is 1. The molecule has 140 valence electrons. The molecular formula is C21H16ClFN4O. The monoisotopic (exact) mass is 394 g/mol. The van der Waals surface area contributed by atoms with Crippen LogP contribution in [0.2, 0.25) is 5.02 Å². The van der Waals surface area contributed by atoms with Crippen LogP contribution in [0, 0.1) is 5.82 Å². The maximum absolute atomic E-state index is 13.0. The first-order valence-electron chi connectivity index (χ1n) is 8.61. The lowest BCUT2D eigenvalue weighted by atomic mass is 10.1. The summed E-state index contributed by atoms with van der Waals surface area (Å²) in [7, 11) is 0. The average molecular weight is 395 g/mol. The average Bonchev–Trinajstić information content (AvgIpc) is 3.08. The number of nitrogens with one attached hydrogen (secondary N) is 3. The summed E-state index contributed by atoms with van der Waals surface area (Å²) < 4.78 is 13.0. The van der Waals surface area contributed by atoms with Crippen molar-refractivity contribution < 1.29 is 9.18 Å². The van der Waals surface area contributed by atoms with Crippen LogP contribution in [0.4, 0.5) is 14.9 Å². The fourth-order valence-electron chi connectivity index (χ4n) is 2.99. The lowest BCUT2D eigenvalue weighted by Crippen LogP contribution is -2.28. The summed E-state index contributed by atoms with van der Waals surface area (Å²) in [4.78, 5) is 19.8. The molecule has 4 rings (SSSR count). The summed E-state index contributed by atoms with van der Waals surface area (Å²) in [6, 6.07) is 14.8. The second kappa shape index (κ2) is 7.70. The normalized spacial score (nSPS) is 10.8. The lowest BCUT2D eigenvalue weighted by Gasteiger charge is -2.09. The highest BCUT2D eigenvalue weighted by Gasteiger charge is 2.17. The number of carbonyl (C=O) groups is 1. The number of carbonyl (C=O) groups excluding carboxylic acids is 1. The highest BCUT2D eigenvalue weighted by molar-refractivity contribution is 6.36. The molecule has 0 bridgehead atoms. The minimum absolute atomic E-state index is 0.278. The number of urea groups is 1. The van der Waals surface area contributed by atoms with Gasteiger partial charge in [-0.1, -0.05) is 35.9 Å². The Hall–Kier alpha value is -3.38. The fraction of sp³-hybridized carbons (Fsp3) is 0.0476. The molecule has 3 N–H and O–H groups in total. The van der Waals surface area contributed by atoms with Crippen molar-refractivity contribution >= 4 is 34.2 Å². The van der Waals surface area contributed by atoms with Gasteiger partial charge in [0.15, 0.2) is 0 Å². The molecule has 0 atom stereocenters. The second-order valence-electron chi connectivity index (χ2n) is 6.21. The first-order valence-corrected chi connectivity index (χ1v) is 8.99.